The van der Waals surface area contributed by atoms with Crippen molar-refractivity contribution >= 4 is 35.1 Å². The third-order valence-electron chi connectivity index (χ3n) is 5.88. The molecule has 7 heteroatoms. The molecule has 0 unspecified atom stereocenters. The molecule has 1 fully saturated rings. The summed E-state index contributed by atoms with van der Waals surface area (Å²) in [6.07, 6.45) is 0.0832. The molecular formula is C26H20N2O5. The van der Waals surface area contributed by atoms with Crippen LogP contribution in [-0.2, 0) is 9.59 Å². The van der Waals surface area contributed by atoms with E-state index in [1.54, 1.807) is 41.3 Å². The van der Waals surface area contributed by atoms with Crippen molar-refractivity contribution in [2.24, 2.45) is 5.92 Å². The zero-order valence-corrected chi connectivity index (χ0v) is 17.9. The number of carbonyl (C=O) groups excluding carboxylic acids is 4. The Hall–Kier alpha value is -4.26. The molecule has 7 nitrogen and oxygen atoms in total. The molecule has 1 saturated heterocycles. The summed E-state index contributed by atoms with van der Waals surface area (Å²) in [7, 11) is 0. The normalized spacial score (nSPS) is 17.5. The van der Waals surface area contributed by atoms with Gasteiger partial charge in [-0.1, -0.05) is 24.3 Å². The average Bonchev–Trinajstić information content (AvgIpc) is 3.32. The highest BCUT2D eigenvalue weighted by molar-refractivity contribution is 6.34. The molecule has 3 amide bonds. The fourth-order valence-corrected chi connectivity index (χ4v) is 4.20. The standard InChI is InChI=1S/C26H20N2O5/c1-16-5-4-6-19(13-16)27-15-17(14-23(27)29)26(32)33-20-11-9-18(10-12-20)28-24(30)21-7-2-3-8-22(21)25(28)31/h2-13,17H,14-15H2,1H3/t17-/m0/s1. The molecule has 2 aliphatic rings. The van der Waals surface area contributed by atoms with Crippen LogP contribution in [0.3, 0.4) is 0 Å². The summed E-state index contributed by atoms with van der Waals surface area (Å²) in [5.41, 5.74) is 2.91. The maximum atomic E-state index is 12.7. The lowest BCUT2D eigenvalue weighted by Gasteiger charge is -2.17. The second-order valence-electron chi connectivity index (χ2n) is 8.15. The van der Waals surface area contributed by atoms with Gasteiger partial charge in [0.2, 0.25) is 5.91 Å². The van der Waals surface area contributed by atoms with Gasteiger partial charge in [0.1, 0.15) is 5.75 Å². The zero-order chi connectivity index (χ0) is 23.1. The van der Waals surface area contributed by atoms with E-state index in [1.165, 1.54) is 12.1 Å². The quantitative estimate of drug-likeness (QED) is 0.351. The molecule has 0 spiro atoms. The third-order valence-corrected chi connectivity index (χ3v) is 5.88. The molecule has 3 aromatic carbocycles. The first kappa shape index (κ1) is 20.6. The number of fused-ring (bicyclic) bond motifs is 1. The van der Waals surface area contributed by atoms with Crippen molar-refractivity contribution in [1.82, 2.24) is 0 Å². The zero-order valence-electron chi connectivity index (χ0n) is 17.9. The molecule has 0 aliphatic carbocycles. The number of anilines is 2. The Labute approximate surface area is 190 Å². The van der Waals surface area contributed by atoms with E-state index in [-0.39, 0.29) is 36.4 Å². The molecule has 5 rings (SSSR count). The van der Waals surface area contributed by atoms with Crippen LogP contribution < -0.4 is 14.5 Å². The van der Waals surface area contributed by atoms with Crippen LogP contribution in [0.25, 0.3) is 0 Å². The monoisotopic (exact) mass is 440 g/mol. The number of esters is 1. The van der Waals surface area contributed by atoms with E-state index in [0.717, 1.165) is 16.2 Å². The lowest BCUT2D eigenvalue weighted by molar-refractivity contribution is -0.139. The smallest absolute Gasteiger partial charge is 0.316 e. The molecule has 164 valence electrons. The summed E-state index contributed by atoms with van der Waals surface area (Å²) in [4.78, 5) is 53.1. The van der Waals surface area contributed by atoms with Crippen molar-refractivity contribution in [2.45, 2.75) is 13.3 Å². The van der Waals surface area contributed by atoms with Gasteiger partial charge in [0, 0.05) is 18.7 Å². The Morgan fingerprint density at radius 1 is 0.848 bits per heavy atom. The summed E-state index contributed by atoms with van der Waals surface area (Å²) in [5.74, 6) is -1.69. The van der Waals surface area contributed by atoms with E-state index in [1.807, 2.05) is 31.2 Å². The van der Waals surface area contributed by atoms with Crippen molar-refractivity contribution in [3.63, 3.8) is 0 Å². The Morgan fingerprint density at radius 3 is 2.15 bits per heavy atom. The van der Waals surface area contributed by atoms with Gasteiger partial charge in [0.25, 0.3) is 11.8 Å². The second kappa shape index (κ2) is 8.02. The van der Waals surface area contributed by atoms with Gasteiger partial charge < -0.3 is 9.64 Å². The van der Waals surface area contributed by atoms with Gasteiger partial charge in [-0.25, -0.2) is 4.90 Å². The Kier molecular flexibility index (Phi) is 5.01. The summed E-state index contributed by atoms with van der Waals surface area (Å²) < 4.78 is 5.48. The largest absolute Gasteiger partial charge is 0.426 e. The van der Waals surface area contributed by atoms with Crippen LogP contribution in [0, 0.1) is 12.8 Å². The molecule has 0 bridgehead atoms. The van der Waals surface area contributed by atoms with Crippen LogP contribution >= 0.6 is 0 Å². The van der Waals surface area contributed by atoms with Crippen LogP contribution in [0.15, 0.2) is 72.8 Å². The summed E-state index contributed by atoms with van der Waals surface area (Å²) in [6.45, 7) is 2.20. The molecule has 2 aliphatic heterocycles. The first-order valence-electron chi connectivity index (χ1n) is 10.6. The van der Waals surface area contributed by atoms with E-state index in [2.05, 4.69) is 0 Å². The van der Waals surface area contributed by atoms with Crippen LogP contribution in [0.4, 0.5) is 11.4 Å². The van der Waals surface area contributed by atoms with Gasteiger partial charge in [0.15, 0.2) is 0 Å². The van der Waals surface area contributed by atoms with Crippen LogP contribution in [-0.4, -0.2) is 30.2 Å². The lowest BCUT2D eigenvalue weighted by Crippen LogP contribution is -2.29. The number of rotatable bonds is 4. The molecule has 33 heavy (non-hydrogen) atoms. The van der Waals surface area contributed by atoms with E-state index in [9.17, 15) is 19.2 Å². The predicted molar refractivity (Wildman–Crippen MR) is 121 cm³/mol. The fourth-order valence-electron chi connectivity index (χ4n) is 4.20. The molecule has 2 heterocycles. The van der Waals surface area contributed by atoms with E-state index >= 15 is 0 Å². The molecule has 1 atom stereocenters. The van der Waals surface area contributed by atoms with Gasteiger partial charge in [0.05, 0.1) is 22.7 Å². The van der Waals surface area contributed by atoms with Crippen LogP contribution in [0.5, 0.6) is 5.75 Å². The van der Waals surface area contributed by atoms with Gasteiger partial charge in [-0.05, 0) is 61.0 Å². The predicted octanol–water partition coefficient (Wildman–Crippen LogP) is 3.75. The fraction of sp³-hybridized carbons (Fsp3) is 0.154. The van der Waals surface area contributed by atoms with Crippen molar-refractivity contribution < 1.29 is 23.9 Å². The van der Waals surface area contributed by atoms with Gasteiger partial charge in [-0.2, -0.15) is 0 Å². The van der Waals surface area contributed by atoms with Crippen molar-refractivity contribution in [3.8, 4) is 5.75 Å². The van der Waals surface area contributed by atoms with Crippen LogP contribution in [0.2, 0.25) is 0 Å². The number of amides is 3. The Balaban J connectivity index is 1.27. The number of benzene rings is 3. The number of ether oxygens (including phenoxy) is 1. The first-order chi connectivity index (χ1) is 15.9. The van der Waals surface area contributed by atoms with E-state index < -0.39 is 11.9 Å². The van der Waals surface area contributed by atoms with Crippen molar-refractivity contribution in [3.05, 3.63) is 89.5 Å². The average molecular weight is 440 g/mol. The minimum Gasteiger partial charge on any atom is -0.426 e. The third kappa shape index (κ3) is 3.67. The highest BCUT2D eigenvalue weighted by atomic mass is 16.5. The number of carbonyl (C=O) groups is 4. The second-order valence-corrected chi connectivity index (χ2v) is 8.15. The van der Waals surface area contributed by atoms with E-state index in [4.69, 9.17) is 4.74 Å². The summed E-state index contributed by atoms with van der Waals surface area (Å²) >= 11 is 0. The Bertz CT molecular complexity index is 1260. The molecule has 3 aromatic rings. The number of nitrogens with zero attached hydrogens (tertiary/aromatic N) is 2. The Morgan fingerprint density at radius 2 is 1.52 bits per heavy atom. The van der Waals surface area contributed by atoms with Crippen molar-refractivity contribution in [1.29, 1.82) is 0 Å². The molecule has 0 radical (unpaired) electrons. The maximum absolute atomic E-state index is 12.7. The van der Waals surface area contributed by atoms with Crippen LogP contribution in [0.1, 0.15) is 32.7 Å². The first-order valence-corrected chi connectivity index (χ1v) is 10.6. The molecule has 0 N–H and O–H groups in total. The highest BCUT2D eigenvalue weighted by Gasteiger charge is 2.37. The minimum atomic E-state index is -0.575. The molecular weight excluding hydrogens is 420 g/mol. The molecule has 0 saturated carbocycles. The number of imide groups is 1. The summed E-state index contributed by atoms with van der Waals surface area (Å²) in [5, 5.41) is 0. The number of aryl methyl sites for hydroxylation is 1. The SMILES string of the molecule is Cc1cccc(N2C[C@@H](C(=O)Oc3ccc(N4C(=O)c5ccccc5C4=O)cc3)CC2=O)c1. The maximum Gasteiger partial charge on any atom is 0.316 e. The highest BCUT2D eigenvalue weighted by Crippen LogP contribution is 2.30. The number of hydrogen-bond acceptors (Lipinski definition) is 5. The van der Waals surface area contributed by atoms with Crippen molar-refractivity contribution in [2.75, 3.05) is 16.3 Å². The minimum absolute atomic E-state index is 0.0832. The lowest BCUT2D eigenvalue weighted by atomic mass is 10.1. The van der Waals surface area contributed by atoms with Gasteiger partial charge in [-0.3, -0.25) is 19.2 Å². The van der Waals surface area contributed by atoms with E-state index in [0.29, 0.717) is 16.8 Å². The summed E-state index contributed by atoms with van der Waals surface area (Å²) in [6, 6.07) is 20.4. The molecule has 0 aromatic heterocycles. The topological polar surface area (TPSA) is 84.0 Å². The van der Waals surface area contributed by atoms with Gasteiger partial charge >= 0.3 is 5.97 Å². The van der Waals surface area contributed by atoms with Gasteiger partial charge in [-0.15, -0.1) is 0 Å². The number of hydrogen-bond donors (Lipinski definition) is 0.